The van der Waals surface area contributed by atoms with Gasteiger partial charge in [-0.1, -0.05) is 25.8 Å². The van der Waals surface area contributed by atoms with Crippen LogP contribution in [-0.2, 0) is 15.5 Å². The Kier molecular flexibility index (Phi) is 4.70. The van der Waals surface area contributed by atoms with Crippen LogP contribution in [0.1, 0.15) is 42.1 Å². The summed E-state index contributed by atoms with van der Waals surface area (Å²) in [5.41, 5.74) is 0.951. The molecule has 1 saturated carbocycles. The van der Waals surface area contributed by atoms with Crippen molar-refractivity contribution in [3.63, 3.8) is 0 Å². The molecule has 0 bridgehead atoms. The molecule has 0 aliphatic heterocycles. The Balaban J connectivity index is 2.12. The highest BCUT2D eigenvalue weighted by Crippen LogP contribution is 2.31. The second-order valence-electron chi connectivity index (χ2n) is 5.10. The molecule has 110 valence electrons. The van der Waals surface area contributed by atoms with E-state index in [1.54, 1.807) is 12.1 Å². The van der Waals surface area contributed by atoms with Crippen LogP contribution in [0.2, 0.25) is 0 Å². The van der Waals surface area contributed by atoms with Gasteiger partial charge in [-0.15, -0.1) is 0 Å². The minimum absolute atomic E-state index is 0.0245. The number of carbonyl (C=O) groups excluding carboxylic acids is 1. The maximum atomic E-state index is 12.0. The monoisotopic (exact) mass is 315 g/mol. The summed E-state index contributed by atoms with van der Waals surface area (Å²) in [6.07, 6.45) is 4.02. The summed E-state index contributed by atoms with van der Waals surface area (Å²) in [6, 6.07) is 4.63. The first-order valence-electron chi connectivity index (χ1n) is 6.77. The van der Waals surface area contributed by atoms with Gasteiger partial charge in [0.2, 0.25) is 0 Å². The summed E-state index contributed by atoms with van der Waals surface area (Å²) in [7, 11) is 1.58. The molecule has 0 heterocycles. The first kappa shape index (κ1) is 15.3. The molecule has 0 radical (unpaired) electrons. The lowest BCUT2D eigenvalue weighted by Crippen LogP contribution is -2.25. The van der Waals surface area contributed by atoms with Gasteiger partial charge in [0.1, 0.15) is 0 Å². The van der Waals surface area contributed by atoms with Gasteiger partial charge in [0.25, 0.3) is 15.0 Å². The van der Waals surface area contributed by atoms with Gasteiger partial charge in [-0.2, -0.15) is 0 Å². The smallest absolute Gasteiger partial charge is 0.261 e. The molecule has 4 nitrogen and oxygen atoms in total. The minimum atomic E-state index is -3.83. The van der Waals surface area contributed by atoms with Crippen LogP contribution in [0.5, 0.6) is 0 Å². The Morgan fingerprint density at radius 1 is 1.40 bits per heavy atom. The second kappa shape index (κ2) is 6.14. The topological polar surface area (TPSA) is 63.2 Å². The maximum absolute atomic E-state index is 12.0. The number of halogens is 1. The van der Waals surface area contributed by atoms with Crippen molar-refractivity contribution >= 4 is 25.6 Å². The van der Waals surface area contributed by atoms with Crippen molar-refractivity contribution in [3.05, 3.63) is 29.3 Å². The van der Waals surface area contributed by atoms with Crippen molar-refractivity contribution in [2.45, 2.75) is 37.5 Å². The molecule has 1 aliphatic rings. The van der Waals surface area contributed by atoms with Crippen LogP contribution < -0.4 is 5.32 Å². The standard InChI is InChI=1S/C14H18ClNO3S/c1-2-11-5-6-12(9-13(11)20(15,18)19)14(17)16-8-7-10-3-4-10/h5-6,9-10H,2-4,7-8H2,1H3,(H,16,17). The molecule has 0 saturated heterocycles. The molecular weight excluding hydrogens is 298 g/mol. The van der Waals surface area contributed by atoms with E-state index in [1.165, 1.54) is 18.9 Å². The highest BCUT2D eigenvalue weighted by molar-refractivity contribution is 8.13. The molecule has 1 aliphatic carbocycles. The molecule has 20 heavy (non-hydrogen) atoms. The van der Waals surface area contributed by atoms with Crippen molar-refractivity contribution in [1.29, 1.82) is 0 Å². The van der Waals surface area contributed by atoms with Crippen LogP contribution >= 0.6 is 10.7 Å². The van der Waals surface area contributed by atoms with E-state index in [0.717, 1.165) is 12.3 Å². The lowest BCUT2D eigenvalue weighted by molar-refractivity contribution is 0.0952. The molecule has 1 amide bonds. The van der Waals surface area contributed by atoms with E-state index < -0.39 is 9.05 Å². The van der Waals surface area contributed by atoms with Crippen molar-refractivity contribution in [3.8, 4) is 0 Å². The zero-order valence-corrected chi connectivity index (χ0v) is 12.9. The minimum Gasteiger partial charge on any atom is -0.352 e. The summed E-state index contributed by atoms with van der Waals surface area (Å²) < 4.78 is 23.1. The summed E-state index contributed by atoms with van der Waals surface area (Å²) in [6.45, 7) is 2.47. The average molecular weight is 316 g/mol. The fourth-order valence-corrected chi connectivity index (χ4v) is 3.34. The number of nitrogens with one attached hydrogen (secondary N) is 1. The normalized spacial score (nSPS) is 15.1. The van der Waals surface area contributed by atoms with Crippen molar-refractivity contribution in [2.24, 2.45) is 5.92 Å². The third kappa shape index (κ3) is 3.96. The first-order valence-corrected chi connectivity index (χ1v) is 9.08. The molecule has 1 aromatic rings. The zero-order valence-electron chi connectivity index (χ0n) is 11.4. The zero-order chi connectivity index (χ0) is 14.8. The van der Waals surface area contributed by atoms with E-state index in [4.69, 9.17) is 10.7 Å². The number of benzene rings is 1. The Morgan fingerprint density at radius 3 is 2.65 bits per heavy atom. The van der Waals surface area contributed by atoms with Crippen LogP contribution in [0.25, 0.3) is 0 Å². The highest BCUT2D eigenvalue weighted by atomic mass is 35.7. The molecule has 6 heteroatoms. The van der Waals surface area contributed by atoms with Gasteiger partial charge in [0.05, 0.1) is 4.90 Å². The summed E-state index contributed by atoms with van der Waals surface area (Å²) in [5, 5.41) is 2.81. The molecule has 0 atom stereocenters. The van der Waals surface area contributed by atoms with Gasteiger partial charge in [-0.3, -0.25) is 4.79 Å². The Bertz CT molecular complexity index is 609. The molecule has 0 aromatic heterocycles. The lowest BCUT2D eigenvalue weighted by Gasteiger charge is -2.09. The van der Waals surface area contributed by atoms with Crippen LogP contribution in [0.3, 0.4) is 0 Å². The highest BCUT2D eigenvalue weighted by Gasteiger charge is 2.21. The first-order chi connectivity index (χ1) is 9.41. The Morgan fingerprint density at radius 2 is 2.10 bits per heavy atom. The molecule has 1 fully saturated rings. The summed E-state index contributed by atoms with van der Waals surface area (Å²) in [5.74, 6) is 0.492. The van der Waals surface area contributed by atoms with Crippen LogP contribution in [0, 0.1) is 5.92 Å². The summed E-state index contributed by atoms with van der Waals surface area (Å²) in [4.78, 5) is 12.0. The van der Waals surface area contributed by atoms with E-state index in [0.29, 0.717) is 24.1 Å². The van der Waals surface area contributed by atoms with Crippen LogP contribution in [0.4, 0.5) is 0 Å². The summed E-state index contributed by atoms with van der Waals surface area (Å²) >= 11 is 0. The fourth-order valence-electron chi connectivity index (χ4n) is 2.11. The van der Waals surface area contributed by atoms with Crippen molar-refractivity contribution in [1.82, 2.24) is 5.32 Å². The molecule has 2 rings (SSSR count). The largest absolute Gasteiger partial charge is 0.352 e. The predicted molar refractivity (Wildman–Crippen MR) is 78.5 cm³/mol. The number of aryl methyl sites for hydroxylation is 1. The van der Waals surface area contributed by atoms with E-state index in [-0.39, 0.29) is 10.8 Å². The van der Waals surface area contributed by atoms with Gasteiger partial charge in [-0.25, -0.2) is 8.42 Å². The number of rotatable bonds is 6. The number of hydrogen-bond acceptors (Lipinski definition) is 3. The number of carbonyl (C=O) groups is 1. The van der Waals surface area contributed by atoms with Gasteiger partial charge in [0.15, 0.2) is 0 Å². The number of amides is 1. The Hall–Kier alpha value is -1.07. The quantitative estimate of drug-likeness (QED) is 0.821. The van der Waals surface area contributed by atoms with E-state index >= 15 is 0 Å². The maximum Gasteiger partial charge on any atom is 0.261 e. The van der Waals surface area contributed by atoms with Gasteiger partial charge in [0, 0.05) is 22.8 Å². The van der Waals surface area contributed by atoms with E-state index in [1.807, 2.05) is 6.92 Å². The number of hydrogen-bond donors (Lipinski definition) is 1. The van der Waals surface area contributed by atoms with Gasteiger partial charge in [-0.05, 0) is 36.5 Å². The van der Waals surface area contributed by atoms with E-state index in [9.17, 15) is 13.2 Å². The van der Waals surface area contributed by atoms with Gasteiger partial charge < -0.3 is 5.32 Å². The second-order valence-corrected chi connectivity index (χ2v) is 7.64. The molecule has 0 unspecified atom stereocenters. The molecule has 0 spiro atoms. The average Bonchev–Trinajstić information content (AvgIpc) is 3.21. The SMILES string of the molecule is CCc1ccc(C(=O)NCCC2CC2)cc1S(=O)(=O)Cl. The third-order valence-electron chi connectivity index (χ3n) is 3.51. The predicted octanol–water partition coefficient (Wildman–Crippen LogP) is 2.71. The Labute approximate surface area is 123 Å². The van der Waals surface area contributed by atoms with Crippen molar-refractivity contribution in [2.75, 3.05) is 6.54 Å². The fraction of sp³-hybridized carbons (Fsp3) is 0.500. The lowest BCUT2D eigenvalue weighted by atomic mass is 10.1. The van der Waals surface area contributed by atoms with Crippen molar-refractivity contribution < 1.29 is 13.2 Å². The molecule has 1 aromatic carbocycles. The molecular formula is C14H18ClNO3S. The third-order valence-corrected chi connectivity index (χ3v) is 4.91. The van der Waals surface area contributed by atoms with Crippen LogP contribution in [-0.4, -0.2) is 20.9 Å². The van der Waals surface area contributed by atoms with Gasteiger partial charge >= 0.3 is 0 Å². The van der Waals surface area contributed by atoms with Crippen LogP contribution in [0.15, 0.2) is 23.1 Å². The van der Waals surface area contributed by atoms with E-state index in [2.05, 4.69) is 5.32 Å². The molecule has 1 N–H and O–H groups in total.